The number of aryl methyl sites for hydroxylation is 1. The zero-order valence-electron chi connectivity index (χ0n) is 14.9. The lowest BCUT2D eigenvalue weighted by Gasteiger charge is -2.32. The van der Waals surface area contributed by atoms with Gasteiger partial charge in [0, 0.05) is 50.9 Å². The summed E-state index contributed by atoms with van der Waals surface area (Å²) in [4.78, 5) is 21.1. The first-order valence-electron chi connectivity index (χ1n) is 9.25. The topological polar surface area (TPSA) is 36.4 Å². The van der Waals surface area contributed by atoms with E-state index in [9.17, 15) is 13.6 Å². The average molecular weight is 351 g/mol. The number of aromatic nitrogens is 1. The SMILES string of the molecule is Cc1ccc(C(=O)N2CCCN(CC3CCC(F)(F)CC3)CC2)cn1. The first-order chi connectivity index (χ1) is 11.9. The summed E-state index contributed by atoms with van der Waals surface area (Å²) in [7, 11) is 0. The fraction of sp³-hybridized carbons (Fsp3) is 0.684. The maximum absolute atomic E-state index is 13.3. The second-order valence-electron chi connectivity index (χ2n) is 7.43. The molecule has 1 saturated carbocycles. The van der Waals surface area contributed by atoms with Crippen LogP contribution in [-0.2, 0) is 0 Å². The molecule has 0 aromatic carbocycles. The molecule has 2 aliphatic rings. The zero-order chi connectivity index (χ0) is 17.9. The Bertz CT molecular complexity index is 581. The van der Waals surface area contributed by atoms with Gasteiger partial charge in [-0.15, -0.1) is 0 Å². The third-order valence-corrected chi connectivity index (χ3v) is 5.39. The lowest BCUT2D eigenvalue weighted by molar-refractivity contribution is -0.0487. The van der Waals surface area contributed by atoms with E-state index in [2.05, 4.69) is 9.88 Å². The van der Waals surface area contributed by atoms with Gasteiger partial charge in [-0.25, -0.2) is 8.78 Å². The molecule has 0 radical (unpaired) electrons. The molecule has 1 aliphatic heterocycles. The molecule has 1 saturated heterocycles. The molecule has 2 heterocycles. The molecule has 0 atom stereocenters. The molecule has 2 fully saturated rings. The highest BCUT2D eigenvalue weighted by Crippen LogP contribution is 2.36. The average Bonchev–Trinajstić information content (AvgIpc) is 2.82. The van der Waals surface area contributed by atoms with Crippen LogP contribution in [0.4, 0.5) is 8.78 Å². The fourth-order valence-electron chi connectivity index (χ4n) is 3.78. The van der Waals surface area contributed by atoms with Crippen LogP contribution >= 0.6 is 0 Å². The van der Waals surface area contributed by atoms with Crippen LogP contribution in [0.15, 0.2) is 18.3 Å². The maximum atomic E-state index is 13.3. The largest absolute Gasteiger partial charge is 0.337 e. The quantitative estimate of drug-likeness (QED) is 0.838. The van der Waals surface area contributed by atoms with E-state index < -0.39 is 5.92 Å². The smallest absolute Gasteiger partial charge is 0.255 e. The van der Waals surface area contributed by atoms with E-state index in [0.717, 1.165) is 38.3 Å². The molecule has 4 nitrogen and oxygen atoms in total. The second kappa shape index (κ2) is 7.77. The van der Waals surface area contributed by atoms with Crippen LogP contribution in [0.3, 0.4) is 0 Å². The molecule has 1 aromatic rings. The van der Waals surface area contributed by atoms with Crippen molar-refractivity contribution in [2.45, 2.75) is 45.0 Å². The Morgan fingerprint density at radius 3 is 2.64 bits per heavy atom. The number of pyridine rings is 1. The highest BCUT2D eigenvalue weighted by atomic mass is 19.3. The fourth-order valence-corrected chi connectivity index (χ4v) is 3.78. The van der Waals surface area contributed by atoms with Crippen molar-refractivity contribution in [1.82, 2.24) is 14.8 Å². The van der Waals surface area contributed by atoms with E-state index in [1.54, 1.807) is 6.20 Å². The van der Waals surface area contributed by atoms with Crippen molar-refractivity contribution in [3.63, 3.8) is 0 Å². The monoisotopic (exact) mass is 351 g/mol. The number of carbonyl (C=O) groups excluding carboxylic acids is 1. The number of alkyl halides is 2. The highest BCUT2D eigenvalue weighted by Gasteiger charge is 2.35. The van der Waals surface area contributed by atoms with Crippen molar-refractivity contribution in [1.29, 1.82) is 0 Å². The van der Waals surface area contributed by atoms with Gasteiger partial charge in [0.15, 0.2) is 0 Å². The lowest BCUT2D eigenvalue weighted by Crippen LogP contribution is -2.38. The van der Waals surface area contributed by atoms with Gasteiger partial charge in [-0.1, -0.05) is 0 Å². The summed E-state index contributed by atoms with van der Waals surface area (Å²) in [5.74, 6) is -2.06. The minimum Gasteiger partial charge on any atom is -0.337 e. The Morgan fingerprint density at radius 1 is 1.20 bits per heavy atom. The molecule has 6 heteroatoms. The van der Waals surface area contributed by atoms with Crippen molar-refractivity contribution >= 4 is 5.91 Å². The van der Waals surface area contributed by atoms with Gasteiger partial charge in [-0.3, -0.25) is 9.78 Å². The number of carbonyl (C=O) groups is 1. The third-order valence-electron chi connectivity index (χ3n) is 5.39. The van der Waals surface area contributed by atoms with Gasteiger partial charge in [0.1, 0.15) is 0 Å². The van der Waals surface area contributed by atoms with E-state index in [1.165, 1.54) is 0 Å². The lowest BCUT2D eigenvalue weighted by atomic mass is 9.86. The number of rotatable bonds is 3. The molecule has 3 rings (SSSR count). The van der Waals surface area contributed by atoms with Crippen molar-refractivity contribution in [3.8, 4) is 0 Å². The molecule has 0 bridgehead atoms. The standard InChI is InChI=1S/C19H27F2N3O/c1-15-3-4-17(13-22-15)18(25)24-10-2-9-23(11-12-24)14-16-5-7-19(20,21)8-6-16/h3-4,13,16H,2,5-12,14H2,1H3. The van der Waals surface area contributed by atoms with Crippen LogP contribution in [0.25, 0.3) is 0 Å². The third kappa shape index (κ3) is 4.97. The molecule has 1 amide bonds. The van der Waals surface area contributed by atoms with Crippen LogP contribution in [0.2, 0.25) is 0 Å². The van der Waals surface area contributed by atoms with Crippen LogP contribution in [0.5, 0.6) is 0 Å². The number of halogens is 2. The molecule has 1 aliphatic carbocycles. The van der Waals surface area contributed by atoms with E-state index >= 15 is 0 Å². The predicted octanol–water partition coefficient (Wildman–Crippen LogP) is 3.36. The Labute approximate surface area is 148 Å². The van der Waals surface area contributed by atoms with E-state index in [-0.39, 0.29) is 18.7 Å². The maximum Gasteiger partial charge on any atom is 0.255 e. The summed E-state index contributed by atoms with van der Waals surface area (Å²) in [6.45, 7) is 5.96. The van der Waals surface area contributed by atoms with Crippen molar-refractivity contribution in [2.24, 2.45) is 5.92 Å². The molecule has 0 N–H and O–H groups in total. The molecule has 25 heavy (non-hydrogen) atoms. The first-order valence-corrected chi connectivity index (χ1v) is 9.25. The first kappa shape index (κ1) is 18.2. The van der Waals surface area contributed by atoms with Gasteiger partial charge in [-0.05, 0) is 50.8 Å². The van der Waals surface area contributed by atoms with Crippen LogP contribution in [-0.4, -0.2) is 59.3 Å². The van der Waals surface area contributed by atoms with Gasteiger partial charge in [0.2, 0.25) is 5.92 Å². The summed E-state index contributed by atoms with van der Waals surface area (Å²) in [5.41, 5.74) is 1.53. The number of amides is 1. The normalized spacial score (nSPS) is 22.6. The van der Waals surface area contributed by atoms with Gasteiger partial charge in [-0.2, -0.15) is 0 Å². The molecular formula is C19H27F2N3O. The van der Waals surface area contributed by atoms with Gasteiger partial charge < -0.3 is 9.80 Å². The summed E-state index contributed by atoms with van der Waals surface area (Å²) in [6.07, 6.45) is 3.84. The van der Waals surface area contributed by atoms with Crippen LogP contribution < -0.4 is 0 Å². The minimum absolute atomic E-state index is 0.0243. The second-order valence-corrected chi connectivity index (χ2v) is 7.43. The molecule has 0 spiro atoms. The summed E-state index contributed by atoms with van der Waals surface area (Å²) >= 11 is 0. The Morgan fingerprint density at radius 2 is 1.96 bits per heavy atom. The summed E-state index contributed by atoms with van der Waals surface area (Å²) in [5, 5.41) is 0. The summed E-state index contributed by atoms with van der Waals surface area (Å²) < 4.78 is 26.6. The zero-order valence-corrected chi connectivity index (χ0v) is 14.9. The minimum atomic E-state index is -2.46. The number of hydrogen-bond acceptors (Lipinski definition) is 3. The van der Waals surface area contributed by atoms with E-state index in [0.29, 0.717) is 30.9 Å². The molecule has 138 valence electrons. The number of nitrogens with zero attached hydrogens (tertiary/aromatic N) is 3. The summed E-state index contributed by atoms with van der Waals surface area (Å²) in [6, 6.07) is 3.69. The van der Waals surface area contributed by atoms with Crippen molar-refractivity contribution in [3.05, 3.63) is 29.6 Å². The molecule has 0 unspecified atom stereocenters. The van der Waals surface area contributed by atoms with Crippen LogP contribution in [0, 0.1) is 12.8 Å². The Balaban J connectivity index is 1.50. The van der Waals surface area contributed by atoms with Crippen molar-refractivity contribution in [2.75, 3.05) is 32.7 Å². The van der Waals surface area contributed by atoms with Gasteiger partial charge >= 0.3 is 0 Å². The van der Waals surface area contributed by atoms with E-state index in [4.69, 9.17) is 0 Å². The number of hydrogen-bond donors (Lipinski definition) is 0. The predicted molar refractivity (Wildman–Crippen MR) is 92.8 cm³/mol. The Kier molecular flexibility index (Phi) is 5.67. The molecule has 1 aromatic heterocycles. The highest BCUT2D eigenvalue weighted by molar-refractivity contribution is 5.93. The van der Waals surface area contributed by atoms with Gasteiger partial charge in [0.25, 0.3) is 5.91 Å². The van der Waals surface area contributed by atoms with Crippen molar-refractivity contribution < 1.29 is 13.6 Å². The van der Waals surface area contributed by atoms with Crippen LogP contribution in [0.1, 0.15) is 48.2 Å². The van der Waals surface area contributed by atoms with Gasteiger partial charge in [0.05, 0.1) is 5.56 Å². The van der Waals surface area contributed by atoms with E-state index in [1.807, 2.05) is 24.0 Å². The molecular weight excluding hydrogens is 324 g/mol. The Hall–Kier alpha value is -1.56.